The molecule has 2 aliphatic heterocycles. The molecule has 7 heteroatoms. The summed E-state index contributed by atoms with van der Waals surface area (Å²) in [5.41, 5.74) is 2.05. The standard InChI is InChI=1S/C12H16N5O2/c1-6-7(2)17-8-9(13-11(17)14(6)3)15(4)12(19)16(5)10(8)18/h8H,1-5H3/q+1. The Morgan fingerprint density at radius 3 is 2.42 bits per heavy atom. The quantitative estimate of drug-likeness (QED) is 0.620. The molecule has 1 aromatic heterocycles. The van der Waals surface area contributed by atoms with Crippen LogP contribution in [0.25, 0.3) is 0 Å². The molecule has 0 N–H and O–H groups in total. The summed E-state index contributed by atoms with van der Waals surface area (Å²) < 4.78 is 3.83. The summed E-state index contributed by atoms with van der Waals surface area (Å²) in [7, 11) is 5.05. The van der Waals surface area contributed by atoms with Gasteiger partial charge in [-0.15, -0.1) is 0 Å². The van der Waals surface area contributed by atoms with Crippen molar-refractivity contribution in [2.45, 2.75) is 19.9 Å². The summed E-state index contributed by atoms with van der Waals surface area (Å²) in [4.78, 5) is 31.3. The fraction of sp³-hybridized carbons (Fsp3) is 0.500. The Balaban J connectivity index is 2.25. The number of carbonyl (C=O) groups is 2. The molecule has 100 valence electrons. The molecule has 0 bridgehead atoms. The van der Waals surface area contributed by atoms with Crippen LogP contribution < -0.4 is 4.57 Å². The van der Waals surface area contributed by atoms with E-state index in [-0.39, 0.29) is 11.9 Å². The molecule has 7 nitrogen and oxygen atoms in total. The molecule has 0 aromatic carbocycles. The van der Waals surface area contributed by atoms with Crippen LogP contribution in [0.1, 0.15) is 17.4 Å². The number of nitrogens with zero attached hydrogens (tertiary/aromatic N) is 5. The molecule has 1 atom stereocenters. The monoisotopic (exact) mass is 262 g/mol. The molecule has 1 saturated heterocycles. The molecule has 1 aromatic rings. The van der Waals surface area contributed by atoms with E-state index in [9.17, 15) is 9.59 Å². The van der Waals surface area contributed by atoms with Gasteiger partial charge < -0.3 is 0 Å². The summed E-state index contributed by atoms with van der Waals surface area (Å²) in [6.07, 6.45) is 0. The molecule has 0 aliphatic carbocycles. The Kier molecular flexibility index (Phi) is 2.15. The van der Waals surface area contributed by atoms with Gasteiger partial charge in [0.05, 0.1) is 7.05 Å². The van der Waals surface area contributed by atoms with E-state index in [0.717, 1.165) is 16.3 Å². The van der Waals surface area contributed by atoms with Gasteiger partial charge in [0.2, 0.25) is 11.9 Å². The van der Waals surface area contributed by atoms with Crippen LogP contribution in [0.3, 0.4) is 0 Å². The number of hydrogen-bond donors (Lipinski definition) is 0. The average Bonchev–Trinajstić information content (AvgIpc) is 2.88. The number of imide groups is 1. The third-order valence-electron chi connectivity index (χ3n) is 4.10. The summed E-state index contributed by atoms with van der Waals surface area (Å²) >= 11 is 0. The predicted molar refractivity (Wildman–Crippen MR) is 67.1 cm³/mol. The Morgan fingerprint density at radius 2 is 1.79 bits per heavy atom. The molecular formula is C12H16N5O2+. The molecule has 0 spiro atoms. The molecule has 2 aliphatic rings. The van der Waals surface area contributed by atoms with Gasteiger partial charge in [-0.1, -0.05) is 4.99 Å². The minimum Gasteiger partial charge on any atom is -0.270 e. The van der Waals surface area contributed by atoms with Gasteiger partial charge in [0, 0.05) is 14.1 Å². The normalized spacial score (nSPS) is 21.7. The molecule has 19 heavy (non-hydrogen) atoms. The molecule has 1 fully saturated rings. The van der Waals surface area contributed by atoms with Gasteiger partial charge in [-0.3, -0.25) is 14.6 Å². The largest absolute Gasteiger partial charge is 0.401 e. The number of fused-ring (bicyclic) bond motifs is 3. The zero-order valence-corrected chi connectivity index (χ0v) is 11.6. The smallest absolute Gasteiger partial charge is 0.270 e. The number of likely N-dealkylation sites (N-methyl/N-ethyl adjacent to an activating group) is 2. The lowest BCUT2D eigenvalue weighted by atomic mass is 10.1. The van der Waals surface area contributed by atoms with Crippen LogP contribution in [0, 0.1) is 13.8 Å². The van der Waals surface area contributed by atoms with Crippen molar-refractivity contribution in [3.05, 3.63) is 11.4 Å². The van der Waals surface area contributed by atoms with Crippen LogP contribution in [0.5, 0.6) is 0 Å². The molecule has 0 radical (unpaired) electrons. The summed E-state index contributed by atoms with van der Waals surface area (Å²) in [6.45, 7) is 3.95. The summed E-state index contributed by atoms with van der Waals surface area (Å²) in [5, 5.41) is 0. The lowest BCUT2D eigenvalue weighted by Crippen LogP contribution is -2.56. The van der Waals surface area contributed by atoms with Crippen molar-refractivity contribution in [2.75, 3.05) is 14.1 Å². The second-order valence-electron chi connectivity index (χ2n) is 5.01. The third kappa shape index (κ3) is 1.22. The van der Waals surface area contributed by atoms with E-state index >= 15 is 0 Å². The number of aliphatic imine (C=N–C) groups is 1. The van der Waals surface area contributed by atoms with Crippen molar-refractivity contribution in [1.29, 1.82) is 0 Å². The fourth-order valence-corrected chi connectivity index (χ4v) is 2.68. The Labute approximate surface area is 110 Å². The predicted octanol–water partition coefficient (Wildman–Crippen LogP) is 0.0379. The third-order valence-corrected chi connectivity index (χ3v) is 4.10. The van der Waals surface area contributed by atoms with Gasteiger partial charge in [0.1, 0.15) is 11.4 Å². The zero-order chi connectivity index (χ0) is 14.1. The van der Waals surface area contributed by atoms with E-state index < -0.39 is 6.04 Å². The first-order valence-electron chi connectivity index (χ1n) is 6.07. The Hall–Kier alpha value is -2.18. The molecule has 0 saturated carbocycles. The lowest BCUT2D eigenvalue weighted by molar-refractivity contribution is -0.663. The van der Waals surface area contributed by atoms with Crippen molar-refractivity contribution < 1.29 is 14.2 Å². The highest BCUT2D eigenvalue weighted by atomic mass is 16.2. The highest BCUT2D eigenvalue weighted by Gasteiger charge is 2.52. The molecule has 3 amide bonds. The maximum Gasteiger partial charge on any atom is 0.401 e. The fourth-order valence-electron chi connectivity index (χ4n) is 2.68. The van der Waals surface area contributed by atoms with E-state index in [1.165, 1.54) is 11.9 Å². The number of rotatable bonds is 0. The number of aromatic nitrogens is 2. The minimum absolute atomic E-state index is 0.237. The first kappa shape index (κ1) is 11.9. The van der Waals surface area contributed by atoms with Crippen molar-refractivity contribution in [3.63, 3.8) is 0 Å². The molecular weight excluding hydrogens is 246 g/mol. The van der Waals surface area contributed by atoms with Crippen LogP contribution in [0.15, 0.2) is 4.99 Å². The molecule has 3 rings (SSSR count). The van der Waals surface area contributed by atoms with Gasteiger partial charge in [0.25, 0.3) is 5.91 Å². The highest BCUT2D eigenvalue weighted by molar-refractivity contribution is 6.20. The second kappa shape index (κ2) is 3.43. The topological polar surface area (TPSA) is 61.8 Å². The maximum atomic E-state index is 12.4. The van der Waals surface area contributed by atoms with Crippen molar-refractivity contribution >= 4 is 23.7 Å². The van der Waals surface area contributed by atoms with Gasteiger partial charge in [-0.2, -0.15) is 0 Å². The first-order valence-corrected chi connectivity index (χ1v) is 6.07. The van der Waals surface area contributed by atoms with Gasteiger partial charge >= 0.3 is 12.0 Å². The molecule has 1 unspecified atom stereocenters. The minimum atomic E-state index is -0.525. The van der Waals surface area contributed by atoms with Gasteiger partial charge in [-0.25, -0.2) is 13.9 Å². The van der Waals surface area contributed by atoms with Crippen LogP contribution in [0.4, 0.5) is 10.7 Å². The number of amides is 3. The number of hydrogen-bond acceptors (Lipinski definition) is 3. The van der Waals surface area contributed by atoms with E-state index in [1.54, 1.807) is 7.05 Å². The van der Waals surface area contributed by atoms with Crippen molar-refractivity contribution in [2.24, 2.45) is 12.0 Å². The molecule has 3 heterocycles. The lowest BCUT2D eigenvalue weighted by Gasteiger charge is -2.30. The van der Waals surface area contributed by atoms with E-state index in [2.05, 4.69) is 4.99 Å². The Morgan fingerprint density at radius 1 is 1.16 bits per heavy atom. The van der Waals surface area contributed by atoms with Crippen LogP contribution >= 0.6 is 0 Å². The average molecular weight is 262 g/mol. The SMILES string of the molecule is Cc1c(C)[n+](C)c2n1C1C(=O)N(C)C(=O)N(C)C1=N2. The van der Waals surface area contributed by atoms with E-state index in [1.807, 2.05) is 30.0 Å². The number of imidazole rings is 1. The van der Waals surface area contributed by atoms with E-state index in [0.29, 0.717) is 11.8 Å². The van der Waals surface area contributed by atoms with Gasteiger partial charge in [0.15, 0.2) is 0 Å². The van der Waals surface area contributed by atoms with Crippen LogP contribution in [-0.4, -0.2) is 46.2 Å². The zero-order valence-electron chi connectivity index (χ0n) is 11.6. The Bertz CT molecular complexity index is 658. The van der Waals surface area contributed by atoms with Gasteiger partial charge in [-0.05, 0) is 13.8 Å². The van der Waals surface area contributed by atoms with Crippen molar-refractivity contribution in [3.8, 4) is 0 Å². The highest BCUT2D eigenvalue weighted by Crippen LogP contribution is 2.34. The first-order chi connectivity index (χ1) is 8.86. The number of amidine groups is 1. The van der Waals surface area contributed by atoms with Crippen molar-refractivity contribution in [1.82, 2.24) is 14.4 Å². The summed E-state index contributed by atoms with van der Waals surface area (Å²) in [6, 6.07) is -0.870. The number of carbonyl (C=O) groups excluding carboxylic acids is 2. The second-order valence-corrected chi connectivity index (χ2v) is 5.01. The maximum absolute atomic E-state index is 12.4. The van der Waals surface area contributed by atoms with Crippen LogP contribution in [0.2, 0.25) is 0 Å². The van der Waals surface area contributed by atoms with Crippen LogP contribution in [-0.2, 0) is 11.8 Å². The summed E-state index contributed by atoms with van der Waals surface area (Å²) in [5.74, 6) is 0.972. The number of urea groups is 1. The van der Waals surface area contributed by atoms with E-state index in [4.69, 9.17) is 0 Å².